The first-order valence-corrected chi connectivity index (χ1v) is 11.1. The minimum Gasteiger partial charge on any atom is -0.344 e. The van der Waals surface area contributed by atoms with Crippen LogP contribution in [0.15, 0.2) is 83.3 Å². The Morgan fingerprint density at radius 3 is 2.33 bits per heavy atom. The van der Waals surface area contributed by atoms with Crippen molar-refractivity contribution >= 4 is 61.8 Å². The smallest absolute Gasteiger partial charge is 0.328 e. The van der Waals surface area contributed by atoms with Crippen LogP contribution in [0.3, 0.4) is 0 Å². The number of anilines is 1. The fraction of sp³-hybridized carbons (Fsp3) is 0.0417. The fourth-order valence-electron chi connectivity index (χ4n) is 3.21. The van der Waals surface area contributed by atoms with Crippen LogP contribution in [0.1, 0.15) is 16.1 Å². The highest BCUT2D eigenvalue weighted by Gasteiger charge is 2.21. The number of amides is 3. The number of aromatic nitrogens is 1. The number of benzene rings is 3. The van der Waals surface area contributed by atoms with E-state index in [0.29, 0.717) is 21.6 Å². The number of hydrogen-bond acceptors (Lipinski definition) is 3. The van der Waals surface area contributed by atoms with Gasteiger partial charge in [-0.15, -0.1) is 0 Å². The topological polar surface area (TPSA) is 92.2 Å². The first-order valence-electron chi connectivity index (χ1n) is 9.92. The molecule has 0 unspecified atom stereocenters. The Bertz CT molecular complexity index is 1340. The lowest BCUT2D eigenvalue weighted by Gasteiger charge is -2.13. The molecule has 0 atom stereocenters. The third-order valence-electron chi connectivity index (χ3n) is 4.81. The summed E-state index contributed by atoms with van der Waals surface area (Å²) in [6.45, 7) is 0.200. The van der Waals surface area contributed by atoms with Crippen LogP contribution in [-0.4, -0.2) is 22.4 Å². The zero-order valence-electron chi connectivity index (χ0n) is 17.1. The van der Waals surface area contributed by atoms with Gasteiger partial charge in [0.2, 0.25) is 0 Å². The summed E-state index contributed by atoms with van der Waals surface area (Å²) in [4.78, 5) is 38.0. The predicted molar refractivity (Wildman–Crippen MR) is 132 cm³/mol. The summed E-state index contributed by atoms with van der Waals surface area (Å²) < 4.78 is 2.16. The fourth-order valence-corrected chi connectivity index (χ4v) is 3.66. The molecular formula is C24H18BrClN4O3. The summed E-state index contributed by atoms with van der Waals surface area (Å²) in [6, 6.07) is 22.9. The summed E-state index contributed by atoms with van der Waals surface area (Å²) in [6.07, 6.45) is 0. The monoisotopic (exact) mass is 524 g/mol. The van der Waals surface area contributed by atoms with E-state index in [1.807, 2.05) is 30.3 Å². The van der Waals surface area contributed by atoms with E-state index in [0.717, 1.165) is 10.0 Å². The zero-order chi connectivity index (χ0) is 23.4. The van der Waals surface area contributed by atoms with E-state index in [4.69, 9.17) is 11.6 Å². The van der Waals surface area contributed by atoms with E-state index in [1.54, 1.807) is 48.5 Å². The second kappa shape index (κ2) is 9.89. The highest BCUT2D eigenvalue weighted by molar-refractivity contribution is 9.10. The molecule has 9 heteroatoms. The quantitative estimate of drug-likeness (QED) is 0.330. The van der Waals surface area contributed by atoms with E-state index in [1.165, 1.54) is 4.68 Å². The molecule has 33 heavy (non-hydrogen) atoms. The van der Waals surface area contributed by atoms with Crippen molar-refractivity contribution in [1.29, 1.82) is 0 Å². The van der Waals surface area contributed by atoms with E-state index in [2.05, 4.69) is 32.0 Å². The standard InChI is InChI=1S/C24H18BrClN4O3/c25-17-6-9-19(10-7-17)28-22(31)21-13-16-12-18(26)8-11-20(16)30(21)29-24(33)23(32)27-14-15-4-2-1-3-5-15/h1-13H,14H2,(H,27,32)(H,28,31)(H,29,33). The van der Waals surface area contributed by atoms with Crippen LogP contribution >= 0.6 is 27.5 Å². The maximum Gasteiger partial charge on any atom is 0.328 e. The number of carbonyl (C=O) groups excluding carboxylic acids is 3. The number of fused-ring (bicyclic) bond motifs is 1. The van der Waals surface area contributed by atoms with Crippen molar-refractivity contribution in [2.24, 2.45) is 0 Å². The Labute approximate surface area is 202 Å². The maximum absolute atomic E-state index is 13.0. The zero-order valence-corrected chi connectivity index (χ0v) is 19.5. The molecule has 1 heterocycles. The molecular weight excluding hydrogens is 508 g/mol. The largest absolute Gasteiger partial charge is 0.344 e. The second-order valence-electron chi connectivity index (χ2n) is 7.14. The second-order valence-corrected chi connectivity index (χ2v) is 8.49. The first-order chi connectivity index (χ1) is 15.9. The molecule has 0 saturated carbocycles. The minimum absolute atomic E-state index is 0.138. The first kappa shape index (κ1) is 22.6. The van der Waals surface area contributed by atoms with Gasteiger partial charge in [-0.3, -0.25) is 19.8 Å². The van der Waals surface area contributed by atoms with Gasteiger partial charge < -0.3 is 10.6 Å². The lowest BCUT2D eigenvalue weighted by molar-refractivity contribution is -0.136. The van der Waals surface area contributed by atoms with Crippen molar-refractivity contribution in [3.05, 3.63) is 99.6 Å². The minimum atomic E-state index is -0.906. The summed E-state index contributed by atoms with van der Waals surface area (Å²) >= 11 is 9.45. The number of hydrogen-bond donors (Lipinski definition) is 3. The van der Waals surface area contributed by atoms with Crippen LogP contribution in [-0.2, 0) is 16.1 Å². The molecule has 0 spiro atoms. The van der Waals surface area contributed by atoms with Gasteiger partial charge in [-0.2, -0.15) is 0 Å². The molecule has 0 radical (unpaired) electrons. The Morgan fingerprint density at radius 1 is 0.879 bits per heavy atom. The number of carbonyl (C=O) groups is 3. The molecule has 7 nitrogen and oxygen atoms in total. The van der Waals surface area contributed by atoms with Gasteiger partial charge in [0.15, 0.2) is 0 Å². The Morgan fingerprint density at radius 2 is 1.61 bits per heavy atom. The Balaban J connectivity index is 1.57. The molecule has 0 fully saturated rings. The van der Waals surface area contributed by atoms with Gasteiger partial charge in [0.05, 0.1) is 5.52 Å². The molecule has 1 aromatic heterocycles. The van der Waals surface area contributed by atoms with Crippen molar-refractivity contribution in [2.75, 3.05) is 10.7 Å². The SMILES string of the molecule is O=C(NCc1ccccc1)C(=O)Nn1c(C(=O)Nc2ccc(Br)cc2)cc2cc(Cl)ccc21. The average Bonchev–Trinajstić information content (AvgIpc) is 3.17. The number of nitrogens with zero attached hydrogens (tertiary/aromatic N) is 1. The van der Waals surface area contributed by atoms with Crippen LogP contribution in [0.4, 0.5) is 5.69 Å². The summed E-state index contributed by atoms with van der Waals surface area (Å²) in [5.41, 5.74) is 4.61. The van der Waals surface area contributed by atoms with Crippen LogP contribution in [0.2, 0.25) is 5.02 Å². The predicted octanol–water partition coefficient (Wildman–Crippen LogP) is 4.70. The van der Waals surface area contributed by atoms with Gasteiger partial charge in [-0.05, 0) is 54.1 Å². The van der Waals surface area contributed by atoms with Crippen LogP contribution in [0.25, 0.3) is 10.9 Å². The van der Waals surface area contributed by atoms with Gasteiger partial charge in [0, 0.05) is 27.1 Å². The van der Waals surface area contributed by atoms with E-state index < -0.39 is 17.7 Å². The molecule has 0 aliphatic carbocycles. The van der Waals surface area contributed by atoms with Crippen LogP contribution in [0, 0.1) is 0 Å². The van der Waals surface area contributed by atoms with E-state index in [9.17, 15) is 14.4 Å². The highest BCUT2D eigenvalue weighted by Crippen LogP contribution is 2.24. The van der Waals surface area contributed by atoms with Crippen molar-refractivity contribution in [2.45, 2.75) is 6.54 Å². The molecule has 0 saturated heterocycles. The Hall–Kier alpha value is -3.62. The molecule has 4 rings (SSSR count). The van der Waals surface area contributed by atoms with Gasteiger partial charge >= 0.3 is 11.8 Å². The van der Waals surface area contributed by atoms with Crippen molar-refractivity contribution in [3.8, 4) is 0 Å². The van der Waals surface area contributed by atoms with Gasteiger partial charge in [-0.1, -0.05) is 57.9 Å². The molecule has 166 valence electrons. The average molecular weight is 526 g/mol. The normalized spacial score (nSPS) is 10.6. The van der Waals surface area contributed by atoms with Crippen molar-refractivity contribution in [1.82, 2.24) is 9.99 Å². The van der Waals surface area contributed by atoms with E-state index >= 15 is 0 Å². The molecule has 3 N–H and O–H groups in total. The molecule has 0 aliphatic heterocycles. The van der Waals surface area contributed by atoms with Gasteiger partial charge in [0.25, 0.3) is 5.91 Å². The molecule has 3 aromatic carbocycles. The molecule has 0 bridgehead atoms. The van der Waals surface area contributed by atoms with Gasteiger partial charge in [-0.25, -0.2) is 4.68 Å². The van der Waals surface area contributed by atoms with Crippen molar-refractivity contribution in [3.63, 3.8) is 0 Å². The number of nitrogens with one attached hydrogen (secondary N) is 3. The molecule has 4 aromatic rings. The summed E-state index contributed by atoms with van der Waals surface area (Å²) in [5.74, 6) is -2.19. The van der Waals surface area contributed by atoms with E-state index in [-0.39, 0.29) is 12.2 Å². The van der Waals surface area contributed by atoms with Crippen molar-refractivity contribution < 1.29 is 14.4 Å². The third-order valence-corrected chi connectivity index (χ3v) is 5.58. The lowest BCUT2D eigenvalue weighted by atomic mass is 10.2. The Kier molecular flexibility index (Phi) is 6.76. The van der Waals surface area contributed by atoms with Gasteiger partial charge in [0.1, 0.15) is 5.69 Å². The van der Waals surface area contributed by atoms with Crippen LogP contribution < -0.4 is 16.1 Å². The number of rotatable bonds is 5. The summed E-state index contributed by atoms with van der Waals surface area (Å²) in [7, 11) is 0. The lowest BCUT2D eigenvalue weighted by Crippen LogP contribution is -2.39. The maximum atomic E-state index is 13.0. The molecule has 3 amide bonds. The summed E-state index contributed by atoms with van der Waals surface area (Å²) in [5, 5.41) is 6.47. The molecule has 0 aliphatic rings. The highest BCUT2D eigenvalue weighted by atomic mass is 79.9. The number of halogens is 2. The van der Waals surface area contributed by atoms with Crippen LogP contribution in [0.5, 0.6) is 0 Å². The third kappa shape index (κ3) is 5.42.